The molecule has 0 bridgehead atoms. The lowest BCUT2D eigenvalue weighted by Gasteiger charge is -2.30. The molecule has 1 N–H and O–H groups in total. The van der Waals surface area contributed by atoms with Crippen molar-refractivity contribution in [2.24, 2.45) is 5.41 Å². The van der Waals surface area contributed by atoms with E-state index in [4.69, 9.17) is 11.6 Å². The van der Waals surface area contributed by atoms with E-state index in [1.165, 1.54) is 0 Å². The van der Waals surface area contributed by atoms with Gasteiger partial charge in [-0.2, -0.15) is 0 Å². The van der Waals surface area contributed by atoms with Gasteiger partial charge in [-0.15, -0.1) is 0 Å². The monoisotopic (exact) mass is 271 g/mol. The molecule has 0 heterocycles. The smallest absolute Gasteiger partial charge is 0.142 e. The van der Waals surface area contributed by atoms with Crippen molar-refractivity contribution in [3.05, 3.63) is 34.6 Å². The van der Waals surface area contributed by atoms with Crippen LogP contribution in [0.15, 0.2) is 18.2 Å². The predicted octanol–water partition coefficient (Wildman–Crippen LogP) is 4.44. The van der Waals surface area contributed by atoms with Gasteiger partial charge in [0, 0.05) is 6.54 Å². The zero-order valence-electron chi connectivity index (χ0n) is 11.5. The van der Waals surface area contributed by atoms with E-state index < -0.39 is 0 Å². The van der Waals surface area contributed by atoms with Crippen LogP contribution in [0.2, 0.25) is 5.02 Å². The van der Waals surface area contributed by atoms with Crippen LogP contribution < -0.4 is 5.32 Å². The summed E-state index contributed by atoms with van der Waals surface area (Å²) in [6.07, 6.45) is 3.14. The topological polar surface area (TPSA) is 12.0 Å². The van der Waals surface area contributed by atoms with Crippen molar-refractivity contribution in [3.8, 4) is 0 Å². The van der Waals surface area contributed by atoms with Gasteiger partial charge < -0.3 is 5.32 Å². The number of halogens is 2. The Labute approximate surface area is 115 Å². The van der Waals surface area contributed by atoms with Gasteiger partial charge in [0.15, 0.2) is 0 Å². The Morgan fingerprint density at radius 2 is 2.06 bits per heavy atom. The molecule has 1 nitrogen and oxygen atoms in total. The summed E-state index contributed by atoms with van der Waals surface area (Å²) in [7, 11) is 0. The molecule has 1 unspecified atom stereocenters. The van der Waals surface area contributed by atoms with Crippen LogP contribution in [-0.2, 0) is 6.42 Å². The van der Waals surface area contributed by atoms with Gasteiger partial charge in [-0.3, -0.25) is 0 Å². The Morgan fingerprint density at radius 1 is 1.33 bits per heavy atom. The maximum absolute atomic E-state index is 13.4. The molecule has 1 rings (SSSR count). The quantitative estimate of drug-likeness (QED) is 0.773. The standard InChI is InChI=1S/C15H23ClFN/c1-4-8-15(3,11-18-5-2)10-12-6-7-13(16)14(17)9-12/h6-7,9,18H,4-5,8,10-11H2,1-3H3. The number of hydrogen-bond acceptors (Lipinski definition) is 1. The van der Waals surface area contributed by atoms with E-state index in [-0.39, 0.29) is 16.3 Å². The average Bonchev–Trinajstić information content (AvgIpc) is 2.32. The van der Waals surface area contributed by atoms with Gasteiger partial charge in [0.05, 0.1) is 5.02 Å². The summed E-state index contributed by atoms with van der Waals surface area (Å²) in [6, 6.07) is 5.12. The van der Waals surface area contributed by atoms with Crippen molar-refractivity contribution >= 4 is 11.6 Å². The number of rotatable bonds is 7. The minimum Gasteiger partial charge on any atom is -0.316 e. The third-order valence-corrected chi connectivity index (χ3v) is 3.58. The third kappa shape index (κ3) is 4.58. The molecule has 0 aliphatic rings. The van der Waals surface area contributed by atoms with Crippen molar-refractivity contribution < 1.29 is 4.39 Å². The zero-order chi connectivity index (χ0) is 13.6. The molecule has 0 aliphatic carbocycles. The molecule has 0 saturated heterocycles. The molecule has 1 aromatic rings. The van der Waals surface area contributed by atoms with Crippen LogP contribution in [0.5, 0.6) is 0 Å². The summed E-state index contributed by atoms with van der Waals surface area (Å²) >= 11 is 5.71. The lowest BCUT2D eigenvalue weighted by Crippen LogP contribution is -2.33. The van der Waals surface area contributed by atoms with Crippen molar-refractivity contribution in [3.63, 3.8) is 0 Å². The van der Waals surface area contributed by atoms with E-state index in [2.05, 4.69) is 26.1 Å². The third-order valence-electron chi connectivity index (χ3n) is 3.27. The van der Waals surface area contributed by atoms with Gasteiger partial charge in [-0.25, -0.2) is 4.39 Å². The molecule has 1 aromatic carbocycles. The van der Waals surface area contributed by atoms with Crippen molar-refractivity contribution in [2.75, 3.05) is 13.1 Å². The van der Waals surface area contributed by atoms with Crippen molar-refractivity contribution in [1.29, 1.82) is 0 Å². The number of benzene rings is 1. The molecular weight excluding hydrogens is 249 g/mol. The van der Waals surface area contributed by atoms with E-state index in [1.807, 2.05) is 6.07 Å². The van der Waals surface area contributed by atoms with E-state index in [1.54, 1.807) is 12.1 Å². The minimum absolute atomic E-state index is 0.172. The SMILES string of the molecule is CCCC(C)(CNCC)Cc1ccc(Cl)c(F)c1. The first-order chi connectivity index (χ1) is 8.50. The zero-order valence-corrected chi connectivity index (χ0v) is 12.3. The summed E-state index contributed by atoms with van der Waals surface area (Å²) < 4.78 is 13.4. The van der Waals surface area contributed by atoms with Crippen LogP contribution in [0.4, 0.5) is 4.39 Å². The van der Waals surface area contributed by atoms with Gasteiger partial charge >= 0.3 is 0 Å². The van der Waals surface area contributed by atoms with Crippen LogP contribution in [0, 0.1) is 11.2 Å². The number of nitrogens with one attached hydrogen (secondary N) is 1. The molecule has 0 fully saturated rings. The van der Waals surface area contributed by atoms with Gasteiger partial charge in [0.25, 0.3) is 0 Å². The second-order valence-corrected chi connectivity index (χ2v) is 5.67. The molecule has 0 spiro atoms. The van der Waals surface area contributed by atoms with E-state index >= 15 is 0 Å². The Balaban J connectivity index is 2.78. The van der Waals surface area contributed by atoms with Gasteiger partial charge in [-0.1, -0.05) is 44.9 Å². The summed E-state index contributed by atoms with van der Waals surface area (Å²) in [5.74, 6) is -0.323. The van der Waals surface area contributed by atoms with Crippen LogP contribution >= 0.6 is 11.6 Å². The molecule has 0 radical (unpaired) electrons. The van der Waals surface area contributed by atoms with Crippen LogP contribution in [0.25, 0.3) is 0 Å². The maximum Gasteiger partial charge on any atom is 0.142 e. The molecule has 18 heavy (non-hydrogen) atoms. The molecule has 0 amide bonds. The summed E-state index contributed by atoms with van der Waals surface area (Å²) in [5.41, 5.74) is 1.19. The molecule has 0 saturated carbocycles. The Hall–Kier alpha value is -0.600. The molecule has 1 atom stereocenters. The second kappa shape index (κ2) is 7.10. The van der Waals surface area contributed by atoms with Gasteiger partial charge in [-0.05, 0) is 42.5 Å². The highest BCUT2D eigenvalue weighted by atomic mass is 35.5. The highest BCUT2D eigenvalue weighted by Crippen LogP contribution is 2.28. The van der Waals surface area contributed by atoms with Crippen LogP contribution in [-0.4, -0.2) is 13.1 Å². The summed E-state index contributed by atoms with van der Waals surface area (Å²) in [4.78, 5) is 0. The first kappa shape index (κ1) is 15.5. The maximum atomic E-state index is 13.4. The fraction of sp³-hybridized carbons (Fsp3) is 0.600. The predicted molar refractivity (Wildman–Crippen MR) is 76.7 cm³/mol. The highest BCUT2D eigenvalue weighted by Gasteiger charge is 2.23. The van der Waals surface area contributed by atoms with Gasteiger partial charge in [0.1, 0.15) is 5.82 Å². The first-order valence-corrected chi connectivity index (χ1v) is 7.03. The molecule has 3 heteroatoms. The minimum atomic E-state index is -0.323. The Morgan fingerprint density at radius 3 is 2.61 bits per heavy atom. The van der Waals surface area contributed by atoms with Crippen LogP contribution in [0.1, 0.15) is 39.2 Å². The van der Waals surface area contributed by atoms with Crippen molar-refractivity contribution in [1.82, 2.24) is 5.32 Å². The largest absolute Gasteiger partial charge is 0.316 e. The molecule has 0 aliphatic heterocycles. The fourth-order valence-electron chi connectivity index (χ4n) is 2.41. The molecule has 0 aromatic heterocycles. The lowest BCUT2D eigenvalue weighted by atomic mass is 9.79. The van der Waals surface area contributed by atoms with E-state index in [0.717, 1.165) is 37.9 Å². The Bertz CT molecular complexity index is 381. The molecular formula is C15H23ClFN. The van der Waals surface area contributed by atoms with E-state index in [0.29, 0.717) is 0 Å². The van der Waals surface area contributed by atoms with Gasteiger partial charge in [0.2, 0.25) is 0 Å². The van der Waals surface area contributed by atoms with Crippen molar-refractivity contribution in [2.45, 2.75) is 40.0 Å². The average molecular weight is 272 g/mol. The summed E-state index contributed by atoms with van der Waals surface area (Å²) in [6.45, 7) is 8.47. The Kier molecular flexibility index (Phi) is 6.10. The second-order valence-electron chi connectivity index (χ2n) is 5.27. The first-order valence-electron chi connectivity index (χ1n) is 6.65. The summed E-state index contributed by atoms with van der Waals surface area (Å²) in [5, 5.41) is 3.60. The lowest BCUT2D eigenvalue weighted by molar-refractivity contribution is 0.277. The van der Waals surface area contributed by atoms with E-state index in [9.17, 15) is 4.39 Å². The van der Waals surface area contributed by atoms with Crippen LogP contribution in [0.3, 0.4) is 0 Å². The normalized spacial score (nSPS) is 14.5. The molecule has 102 valence electrons. The number of hydrogen-bond donors (Lipinski definition) is 1. The fourth-order valence-corrected chi connectivity index (χ4v) is 2.53. The highest BCUT2D eigenvalue weighted by molar-refractivity contribution is 6.30.